The van der Waals surface area contributed by atoms with Crippen LogP contribution in [0.25, 0.3) is 11.4 Å². The van der Waals surface area contributed by atoms with Crippen LogP contribution in [-0.2, 0) is 23.4 Å². The number of aliphatic hydroxyl groups is 1. The largest absolute Gasteiger partial charge is 0.392 e. The molecule has 2 aromatic heterocycles. The van der Waals surface area contributed by atoms with Gasteiger partial charge in [-0.05, 0) is 42.5 Å². The van der Waals surface area contributed by atoms with Gasteiger partial charge in [-0.3, -0.25) is 9.78 Å². The van der Waals surface area contributed by atoms with Crippen molar-refractivity contribution in [1.29, 1.82) is 0 Å². The molecule has 5 rings (SSSR count). The number of pyridine rings is 1. The Morgan fingerprint density at radius 3 is 2.71 bits per heavy atom. The van der Waals surface area contributed by atoms with E-state index in [0.717, 1.165) is 23.2 Å². The first-order valence-corrected chi connectivity index (χ1v) is 10.6. The van der Waals surface area contributed by atoms with Crippen LogP contribution in [0.1, 0.15) is 40.2 Å². The summed E-state index contributed by atoms with van der Waals surface area (Å²) in [6.45, 7) is 1.65. The second-order valence-electron chi connectivity index (χ2n) is 8.03. The molecule has 7 nitrogen and oxygen atoms in total. The van der Waals surface area contributed by atoms with Crippen molar-refractivity contribution in [3.05, 3.63) is 77.4 Å². The van der Waals surface area contributed by atoms with Gasteiger partial charge in [0.25, 0.3) is 5.91 Å². The molecule has 1 N–H and O–H groups in total. The molecule has 0 aliphatic carbocycles. The van der Waals surface area contributed by atoms with Gasteiger partial charge in [0.2, 0.25) is 0 Å². The lowest BCUT2D eigenvalue weighted by Gasteiger charge is -2.44. The Balaban J connectivity index is 1.39. The normalized spacial score (nSPS) is 17.4. The van der Waals surface area contributed by atoms with Crippen LogP contribution in [0.5, 0.6) is 0 Å². The van der Waals surface area contributed by atoms with Crippen LogP contribution in [0.3, 0.4) is 0 Å². The Morgan fingerprint density at radius 2 is 1.94 bits per heavy atom. The van der Waals surface area contributed by atoms with Crippen LogP contribution < -0.4 is 0 Å². The lowest BCUT2D eigenvalue weighted by Crippen LogP contribution is -2.49. The predicted octanol–water partition coefficient (Wildman–Crippen LogP) is 2.74. The third kappa shape index (κ3) is 3.71. The molecule has 7 heteroatoms. The Hall–Kier alpha value is -3.16. The van der Waals surface area contributed by atoms with Gasteiger partial charge in [-0.2, -0.15) is 0 Å². The highest BCUT2D eigenvalue weighted by Gasteiger charge is 2.43. The van der Waals surface area contributed by atoms with E-state index in [2.05, 4.69) is 9.97 Å². The van der Waals surface area contributed by atoms with Gasteiger partial charge in [0.15, 0.2) is 5.82 Å². The number of hydrogen-bond acceptors (Lipinski definition) is 6. The number of nitrogens with zero attached hydrogens (tertiary/aromatic N) is 4. The predicted molar refractivity (Wildman–Crippen MR) is 114 cm³/mol. The number of ether oxygens (including phenoxy) is 1. The van der Waals surface area contributed by atoms with E-state index in [-0.39, 0.29) is 12.5 Å². The maximum absolute atomic E-state index is 12.9. The number of fused-ring (bicyclic) bond motifs is 2. The molecular weight excluding hydrogens is 392 g/mol. The number of amides is 1. The zero-order valence-electron chi connectivity index (χ0n) is 17.2. The van der Waals surface area contributed by atoms with E-state index >= 15 is 0 Å². The molecule has 1 amide bonds. The fourth-order valence-corrected chi connectivity index (χ4v) is 4.44. The molecule has 4 heterocycles. The second-order valence-corrected chi connectivity index (χ2v) is 8.03. The van der Waals surface area contributed by atoms with Crippen molar-refractivity contribution in [3.63, 3.8) is 0 Å². The van der Waals surface area contributed by atoms with Gasteiger partial charge in [-0.1, -0.05) is 30.3 Å². The first-order valence-electron chi connectivity index (χ1n) is 10.6. The minimum absolute atomic E-state index is 0.111. The van der Waals surface area contributed by atoms with Crippen molar-refractivity contribution in [2.24, 2.45) is 0 Å². The third-order valence-electron chi connectivity index (χ3n) is 6.16. The highest BCUT2D eigenvalue weighted by Crippen LogP contribution is 2.41. The van der Waals surface area contributed by atoms with Gasteiger partial charge in [0.05, 0.1) is 18.9 Å². The van der Waals surface area contributed by atoms with Gasteiger partial charge in [-0.25, -0.2) is 9.97 Å². The highest BCUT2D eigenvalue weighted by atomic mass is 16.5. The number of carbonyl (C=O) groups is 1. The van der Waals surface area contributed by atoms with Crippen molar-refractivity contribution in [2.45, 2.75) is 31.5 Å². The van der Waals surface area contributed by atoms with E-state index in [4.69, 9.17) is 9.72 Å². The van der Waals surface area contributed by atoms with E-state index in [9.17, 15) is 9.90 Å². The summed E-state index contributed by atoms with van der Waals surface area (Å²) in [6, 6.07) is 13.3. The second kappa shape index (κ2) is 8.17. The van der Waals surface area contributed by atoms with E-state index in [1.54, 1.807) is 18.3 Å². The van der Waals surface area contributed by atoms with Crippen molar-refractivity contribution >= 4 is 5.91 Å². The summed E-state index contributed by atoms with van der Waals surface area (Å²) in [6.07, 6.45) is 5.64. The van der Waals surface area contributed by atoms with Crippen LogP contribution in [0.15, 0.2) is 54.9 Å². The lowest BCUT2D eigenvalue weighted by molar-refractivity contribution is -0.0967. The van der Waals surface area contributed by atoms with Crippen molar-refractivity contribution < 1.29 is 14.6 Å². The molecule has 1 saturated heterocycles. The minimum Gasteiger partial charge on any atom is -0.392 e. The molecule has 3 aromatic rings. The Labute approximate surface area is 180 Å². The maximum atomic E-state index is 12.9. The topological polar surface area (TPSA) is 88.4 Å². The third-order valence-corrected chi connectivity index (χ3v) is 6.16. The molecule has 31 heavy (non-hydrogen) atoms. The Morgan fingerprint density at radius 1 is 1.13 bits per heavy atom. The van der Waals surface area contributed by atoms with Crippen LogP contribution in [0.4, 0.5) is 0 Å². The lowest BCUT2D eigenvalue weighted by atomic mass is 9.83. The number of aliphatic hydroxyl groups excluding tert-OH is 1. The summed E-state index contributed by atoms with van der Waals surface area (Å²) >= 11 is 0. The summed E-state index contributed by atoms with van der Waals surface area (Å²) in [4.78, 5) is 28.5. The SMILES string of the molecule is O=C(c1cc(CO)ccn1)N1CCC2(CC1)OCCc1cnc(-c3ccccc3)nc12. The fraction of sp³-hybridized carbons (Fsp3) is 0.333. The zero-order chi connectivity index (χ0) is 21.3. The monoisotopic (exact) mass is 416 g/mol. The van der Waals surface area contributed by atoms with Crippen molar-refractivity contribution in [3.8, 4) is 11.4 Å². The molecule has 1 spiro atoms. The van der Waals surface area contributed by atoms with E-state index in [1.165, 1.54) is 0 Å². The molecular formula is C24H24N4O3. The quantitative estimate of drug-likeness (QED) is 0.706. The minimum atomic E-state index is -0.489. The summed E-state index contributed by atoms with van der Waals surface area (Å²) in [7, 11) is 0. The number of rotatable bonds is 3. The van der Waals surface area contributed by atoms with Gasteiger partial charge in [0.1, 0.15) is 11.3 Å². The smallest absolute Gasteiger partial charge is 0.272 e. The fourth-order valence-electron chi connectivity index (χ4n) is 4.44. The number of piperidine rings is 1. The number of aromatic nitrogens is 3. The highest BCUT2D eigenvalue weighted by molar-refractivity contribution is 5.92. The summed E-state index contributed by atoms with van der Waals surface area (Å²) in [5.41, 5.74) is 3.62. The average Bonchev–Trinajstić information content (AvgIpc) is 2.85. The molecule has 1 fully saturated rings. The summed E-state index contributed by atoms with van der Waals surface area (Å²) in [5.74, 6) is 0.585. The van der Waals surface area contributed by atoms with Gasteiger partial charge in [-0.15, -0.1) is 0 Å². The molecule has 0 radical (unpaired) electrons. The maximum Gasteiger partial charge on any atom is 0.272 e. The molecule has 2 aliphatic heterocycles. The number of carbonyl (C=O) groups excluding carboxylic acids is 1. The number of likely N-dealkylation sites (tertiary alicyclic amines) is 1. The number of hydrogen-bond donors (Lipinski definition) is 1. The Bertz CT molecular complexity index is 1090. The van der Waals surface area contributed by atoms with Crippen LogP contribution in [-0.4, -0.2) is 50.6 Å². The van der Waals surface area contributed by atoms with Crippen LogP contribution >= 0.6 is 0 Å². The van der Waals surface area contributed by atoms with E-state index in [1.807, 2.05) is 41.4 Å². The first-order chi connectivity index (χ1) is 15.2. The van der Waals surface area contributed by atoms with E-state index < -0.39 is 5.60 Å². The Kier molecular flexibility index (Phi) is 5.21. The molecule has 0 saturated carbocycles. The average molecular weight is 416 g/mol. The summed E-state index contributed by atoms with van der Waals surface area (Å²) in [5, 5.41) is 9.34. The molecule has 1 aromatic carbocycles. The molecule has 0 atom stereocenters. The number of benzene rings is 1. The van der Waals surface area contributed by atoms with Gasteiger partial charge in [0, 0.05) is 31.0 Å². The molecule has 158 valence electrons. The van der Waals surface area contributed by atoms with E-state index in [0.29, 0.717) is 49.6 Å². The molecule has 0 bridgehead atoms. The summed E-state index contributed by atoms with van der Waals surface area (Å²) < 4.78 is 6.32. The molecule has 0 unspecified atom stereocenters. The zero-order valence-corrected chi connectivity index (χ0v) is 17.2. The van der Waals surface area contributed by atoms with Crippen molar-refractivity contribution in [2.75, 3.05) is 19.7 Å². The first kappa shape index (κ1) is 19.8. The van der Waals surface area contributed by atoms with Gasteiger partial charge >= 0.3 is 0 Å². The van der Waals surface area contributed by atoms with Crippen LogP contribution in [0.2, 0.25) is 0 Å². The van der Waals surface area contributed by atoms with Gasteiger partial charge < -0.3 is 14.7 Å². The van der Waals surface area contributed by atoms with Crippen molar-refractivity contribution in [1.82, 2.24) is 19.9 Å². The van der Waals surface area contributed by atoms with Crippen LogP contribution in [0, 0.1) is 0 Å². The standard InChI is InChI=1S/C24H24N4O3/c29-16-17-6-10-25-20(14-17)23(30)28-11-8-24(9-12-28)21-19(7-13-31-24)15-26-22(27-21)18-4-2-1-3-5-18/h1-6,10,14-15,29H,7-9,11-13,16H2. The molecule has 2 aliphatic rings.